The molecule has 0 fully saturated rings. The fourth-order valence-corrected chi connectivity index (χ4v) is 1.48. The lowest BCUT2D eigenvalue weighted by Crippen LogP contribution is -1.82. The number of nitrogen functional groups attached to an aromatic ring is 1. The van der Waals surface area contributed by atoms with Crippen molar-refractivity contribution in [1.82, 2.24) is 4.98 Å². The van der Waals surface area contributed by atoms with Gasteiger partial charge in [0.25, 0.3) is 0 Å². The average Bonchev–Trinajstić information content (AvgIpc) is 2.48. The quantitative estimate of drug-likeness (QED) is 0.739. The summed E-state index contributed by atoms with van der Waals surface area (Å²) >= 11 is 5.80. The summed E-state index contributed by atoms with van der Waals surface area (Å²) in [6, 6.07) is 9.59. The van der Waals surface area contributed by atoms with E-state index in [0.29, 0.717) is 0 Å². The molecule has 0 spiro atoms. The lowest BCUT2D eigenvalue weighted by Gasteiger charge is -1.97. The molecule has 0 aliphatic rings. The summed E-state index contributed by atoms with van der Waals surface area (Å²) < 4.78 is 0. The van der Waals surface area contributed by atoms with Gasteiger partial charge in [0.1, 0.15) is 0 Å². The van der Waals surface area contributed by atoms with Crippen molar-refractivity contribution in [3.8, 4) is 11.3 Å². The molecule has 2 rings (SSSR count). The highest BCUT2D eigenvalue weighted by atomic mass is 35.5. The maximum atomic E-state index is 5.80. The number of nitrogens with two attached hydrogens (primary N) is 1. The van der Waals surface area contributed by atoms with Gasteiger partial charge in [0.15, 0.2) is 0 Å². The monoisotopic (exact) mass is 206 g/mol. The smallest absolute Gasteiger partial charge is 0.0528 e. The topological polar surface area (TPSA) is 41.8 Å². The van der Waals surface area contributed by atoms with Crippen LogP contribution in [0.15, 0.2) is 30.3 Å². The molecular weight excluding hydrogens is 196 g/mol. The third-order valence-corrected chi connectivity index (χ3v) is 2.46. The van der Waals surface area contributed by atoms with Gasteiger partial charge >= 0.3 is 0 Å². The van der Waals surface area contributed by atoms with Crippen LogP contribution in [0.4, 0.5) is 5.69 Å². The SMILES string of the molecule is Cc1[nH]c(-c2ccc(Cl)cc2)cc1N. The Morgan fingerprint density at radius 1 is 1.21 bits per heavy atom. The van der Waals surface area contributed by atoms with Crippen LogP contribution in [0.25, 0.3) is 11.3 Å². The first-order valence-corrected chi connectivity index (χ1v) is 4.75. The molecule has 72 valence electrons. The number of H-pyrrole nitrogens is 1. The van der Waals surface area contributed by atoms with Crippen LogP contribution in [-0.4, -0.2) is 4.98 Å². The summed E-state index contributed by atoms with van der Waals surface area (Å²) in [7, 11) is 0. The normalized spacial score (nSPS) is 10.4. The van der Waals surface area contributed by atoms with Crippen molar-refractivity contribution in [1.29, 1.82) is 0 Å². The summed E-state index contributed by atoms with van der Waals surface area (Å²) in [6.45, 7) is 1.95. The molecule has 0 radical (unpaired) electrons. The number of aromatic nitrogens is 1. The molecule has 2 aromatic rings. The van der Waals surface area contributed by atoms with Gasteiger partial charge < -0.3 is 10.7 Å². The fraction of sp³-hybridized carbons (Fsp3) is 0.0909. The number of nitrogens with one attached hydrogen (secondary N) is 1. The zero-order valence-corrected chi connectivity index (χ0v) is 8.60. The first kappa shape index (κ1) is 9.16. The third-order valence-electron chi connectivity index (χ3n) is 2.21. The van der Waals surface area contributed by atoms with Crippen molar-refractivity contribution >= 4 is 17.3 Å². The van der Waals surface area contributed by atoms with Gasteiger partial charge in [-0.25, -0.2) is 0 Å². The van der Waals surface area contributed by atoms with E-state index in [9.17, 15) is 0 Å². The summed E-state index contributed by atoms with van der Waals surface area (Å²) in [6.07, 6.45) is 0. The van der Waals surface area contributed by atoms with Gasteiger partial charge in [-0.05, 0) is 30.7 Å². The number of hydrogen-bond acceptors (Lipinski definition) is 1. The molecule has 14 heavy (non-hydrogen) atoms. The lowest BCUT2D eigenvalue weighted by molar-refractivity contribution is 1.27. The highest BCUT2D eigenvalue weighted by Gasteiger charge is 2.02. The minimum Gasteiger partial charge on any atom is -0.397 e. The second-order valence-electron chi connectivity index (χ2n) is 3.27. The Morgan fingerprint density at radius 3 is 2.36 bits per heavy atom. The molecule has 0 saturated carbocycles. The molecular formula is C11H11ClN2. The molecule has 0 unspecified atom stereocenters. The first-order valence-electron chi connectivity index (χ1n) is 4.38. The van der Waals surface area contributed by atoms with Crippen LogP contribution in [0.5, 0.6) is 0 Å². The fourth-order valence-electron chi connectivity index (χ4n) is 1.36. The van der Waals surface area contributed by atoms with Crippen LogP contribution in [0, 0.1) is 6.92 Å². The van der Waals surface area contributed by atoms with Crippen LogP contribution >= 0.6 is 11.6 Å². The molecule has 3 heteroatoms. The van der Waals surface area contributed by atoms with Gasteiger partial charge in [-0.15, -0.1) is 0 Å². The Labute approximate surface area is 87.7 Å². The van der Waals surface area contributed by atoms with Gasteiger partial charge in [-0.1, -0.05) is 23.7 Å². The molecule has 0 atom stereocenters. The molecule has 2 nitrogen and oxygen atoms in total. The van der Waals surface area contributed by atoms with Crippen molar-refractivity contribution in [3.05, 3.63) is 41.0 Å². The number of halogens is 1. The summed E-state index contributed by atoms with van der Waals surface area (Å²) in [4.78, 5) is 3.21. The van der Waals surface area contributed by atoms with Crippen molar-refractivity contribution in [2.45, 2.75) is 6.92 Å². The number of hydrogen-bond donors (Lipinski definition) is 2. The van der Waals surface area contributed by atoms with E-state index >= 15 is 0 Å². The first-order chi connectivity index (χ1) is 6.66. The highest BCUT2D eigenvalue weighted by molar-refractivity contribution is 6.30. The third kappa shape index (κ3) is 1.61. The number of aryl methyl sites for hydroxylation is 1. The van der Waals surface area contributed by atoms with E-state index in [1.807, 2.05) is 37.3 Å². The van der Waals surface area contributed by atoms with Crippen molar-refractivity contribution in [2.75, 3.05) is 5.73 Å². The van der Waals surface area contributed by atoms with Gasteiger partial charge in [-0.2, -0.15) is 0 Å². The van der Waals surface area contributed by atoms with E-state index in [1.54, 1.807) is 0 Å². The Kier molecular flexibility index (Phi) is 2.22. The van der Waals surface area contributed by atoms with Crippen LogP contribution in [0.2, 0.25) is 5.02 Å². The van der Waals surface area contributed by atoms with E-state index in [1.165, 1.54) is 0 Å². The van der Waals surface area contributed by atoms with Crippen molar-refractivity contribution in [2.24, 2.45) is 0 Å². The largest absolute Gasteiger partial charge is 0.397 e. The number of anilines is 1. The molecule has 1 aromatic carbocycles. The molecule has 3 N–H and O–H groups in total. The number of aromatic amines is 1. The molecule has 0 amide bonds. The molecule has 0 aliphatic carbocycles. The second kappa shape index (κ2) is 3.39. The van der Waals surface area contributed by atoms with Crippen LogP contribution in [0.3, 0.4) is 0 Å². The predicted octanol–water partition coefficient (Wildman–Crippen LogP) is 3.23. The van der Waals surface area contributed by atoms with Gasteiger partial charge in [0.2, 0.25) is 0 Å². The molecule has 0 saturated heterocycles. The van der Waals surface area contributed by atoms with Crippen LogP contribution in [0.1, 0.15) is 5.69 Å². The maximum Gasteiger partial charge on any atom is 0.0528 e. The van der Waals surface area contributed by atoms with Crippen LogP contribution < -0.4 is 5.73 Å². The van der Waals surface area contributed by atoms with E-state index in [2.05, 4.69) is 4.98 Å². The Morgan fingerprint density at radius 2 is 1.86 bits per heavy atom. The average molecular weight is 207 g/mol. The summed E-state index contributed by atoms with van der Waals surface area (Å²) in [5.41, 5.74) is 9.65. The zero-order valence-electron chi connectivity index (χ0n) is 7.84. The minimum atomic E-state index is 0.741. The van der Waals surface area contributed by atoms with E-state index in [-0.39, 0.29) is 0 Å². The van der Waals surface area contributed by atoms with Crippen molar-refractivity contribution < 1.29 is 0 Å². The minimum absolute atomic E-state index is 0.741. The summed E-state index contributed by atoms with van der Waals surface area (Å²) in [5.74, 6) is 0. The van der Waals surface area contributed by atoms with E-state index < -0.39 is 0 Å². The molecule has 0 aliphatic heterocycles. The van der Waals surface area contributed by atoms with E-state index in [0.717, 1.165) is 27.7 Å². The van der Waals surface area contributed by atoms with Gasteiger partial charge in [0, 0.05) is 16.4 Å². The van der Waals surface area contributed by atoms with Crippen molar-refractivity contribution in [3.63, 3.8) is 0 Å². The number of rotatable bonds is 1. The second-order valence-corrected chi connectivity index (χ2v) is 3.71. The highest BCUT2D eigenvalue weighted by Crippen LogP contribution is 2.24. The van der Waals surface area contributed by atoms with E-state index in [4.69, 9.17) is 17.3 Å². The lowest BCUT2D eigenvalue weighted by atomic mass is 10.1. The van der Waals surface area contributed by atoms with Crippen LogP contribution in [-0.2, 0) is 0 Å². The Hall–Kier alpha value is -1.41. The molecule has 0 bridgehead atoms. The Balaban J connectivity index is 2.44. The molecule has 1 heterocycles. The predicted molar refractivity (Wildman–Crippen MR) is 60.4 cm³/mol. The number of benzene rings is 1. The van der Waals surface area contributed by atoms with Gasteiger partial charge in [0.05, 0.1) is 5.69 Å². The van der Waals surface area contributed by atoms with Gasteiger partial charge in [-0.3, -0.25) is 0 Å². The standard InChI is InChI=1S/C11H11ClN2/c1-7-10(13)6-11(14-7)8-2-4-9(12)5-3-8/h2-6,14H,13H2,1H3. The Bertz CT molecular complexity index is 423. The maximum absolute atomic E-state index is 5.80. The molecule has 1 aromatic heterocycles. The zero-order chi connectivity index (χ0) is 10.1. The summed E-state index contributed by atoms with van der Waals surface area (Å²) in [5, 5.41) is 0.741.